The summed E-state index contributed by atoms with van der Waals surface area (Å²) in [6, 6.07) is 4.54. The maximum atomic E-state index is 14.1. The topological polar surface area (TPSA) is 38.7 Å². The van der Waals surface area contributed by atoms with Crippen LogP contribution in [0, 0.1) is 11.7 Å². The number of hydrogen-bond acceptors (Lipinski definition) is 3. The van der Waals surface area contributed by atoms with E-state index in [1.807, 2.05) is 0 Å². The van der Waals surface area contributed by atoms with E-state index in [4.69, 9.17) is 9.47 Å². The Balaban J connectivity index is 2.26. The van der Waals surface area contributed by atoms with E-state index in [-0.39, 0.29) is 5.56 Å². The second-order valence-corrected chi connectivity index (χ2v) is 5.74. The third-order valence-electron chi connectivity index (χ3n) is 4.53. The average molecular weight is 282 g/mol. The summed E-state index contributed by atoms with van der Waals surface area (Å²) in [7, 11) is 3.09. The molecule has 0 bridgehead atoms. The van der Waals surface area contributed by atoms with E-state index < -0.39 is 17.5 Å². The van der Waals surface area contributed by atoms with Crippen LogP contribution in [0.25, 0.3) is 0 Å². The monoisotopic (exact) mass is 282 g/mol. The molecule has 1 saturated carbocycles. The zero-order valence-corrected chi connectivity index (χ0v) is 12.4. The summed E-state index contributed by atoms with van der Waals surface area (Å²) in [6.45, 7) is 2.19. The van der Waals surface area contributed by atoms with Gasteiger partial charge in [0.05, 0.1) is 12.7 Å². The minimum atomic E-state index is -0.953. The van der Waals surface area contributed by atoms with Crippen LogP contribution in [0.3, 0.4) is 0 Å². The number of aliphatic hydroxyl groups is 1. The molecule has 0 aromatic heterocycles. The van der Waals surface area contributed by atoms with Crippen molar-refractivity contribution in [3.05, 3.63) is 29.6 Å². The Morgan fingerprint density at radius 2 is 1.95 bits per heavy atom. The molecule has 1 aromatic carbocycles. The summed E-state index contributed by atoms with van der Waals surface area (Å²) in [6.07, 6.45) is 2.52. The van der Waals surface area contributed by atoms with Crippen molar-refractivity contribution in [3.8, 4) is 5.75 Å². The largest absolute Gasteiger partial charge is 0.497 e. The van der Waals surface area contributed by atoms with E-state index in [0.717, 1.165) is 25.7 Å². The minimum Gasteiger partial charge on any atom is -0.497 e. The highest BCUT2D eigenvalue weighted by molar-refractivity contribution is 5.31. The molecule has 0 spiro atoms. The molecule has 0 saturated heterocycles. The van der Waals surface area contributed by atoms with Crippen LogP contribution in [0.4, 0.5) is 4.39 Å². The van der Waals surface area contributed by atoms with Crippen molar-refractivity contribution in [2.45, 2.75) is 44.3 Å². The van der Waals surface area contributed by atoms with Crippen LogP contribution in [0.1, 0.15) is 44.3 Å². The van der Waals surface area contributed by atoms with Crippen molar-refractivity contribution in [1.29, 1.82) is 0 Å². The Morgan fingerprint density at radius 3 is 2.45 bits per heavy atom. The molecule has 0 aliphatic heterocycles. The summed E-state index contributed by atoms with van der Waals surface area (Å²) >= 11 is 0. The first kappa shape index (κ1) is 15.3. The van der Waals surface area contributed by atoms with Crippen molar-refractivity contribution >= 4 is 0 Å². The molecular weight excluding hydrogens is 259 g/mol. The van der Waals surface area contributed by atoms with Gasteiger partial charge in [-0.2, -0.15) is 0 Å². The number of halogens is 1. The van der Waals surface area contributed by atoms with Crippen molar-refractivity contribution in [2.24, 2.45) is 5.92 Å². The van der Waals surface area contributed by atoms with Crippen molar-refractivity contribution < 1.29 is 19.0 Å². The zero-order chi connectivity index (χ0) is 14.8. The Labute approximate surface area is 119 Å². The smallest absolute Gasteiger partial charge is 0.132 e. The molecule has 0 radical (unpaired) electrons. The predicted molar refractivity (Wildman–Crippen MR) is 75.3 cm³/mol. The number of ether oxygens (including phenoxy) is 2. The Morgan fingerprint density at radius 1 is 1.30 bits per heavy atom. The summed E-state index contributed by atoms with van der Waals surface area (Å²) < 4.78 is 24.7. The second-order valence-electron chi connectivity index (χ2n) is 5.74. The predicted octanol–water partition coefficient (Wildman–Crippen LogP) is 3.46. The van der Waals surface area contributed by atoms with Crippen LogP contribution >= 0.6 is 0 Å². The molecule has 0 heterocycles. The number of rotatable bonds is 4. The molecule has 1 fully saturated rings. The fourth-order valence-electron chi connectivity index (χ4n) is 2.98. The van der Waals surface area contributed by atoms with Gasteiger partial charge in [0.1, 0.15) is 17.7 Å². The van der Waals surface area contributed by atoms with Crippen LogP contribution in [-0.2, 0) is 4.74 Å². The summed E-state index contributed by atoms with van der Waals surface area (Å²) in [5, 5.41) is 10.6. The quantitative estimate of drug-likeness (QED) is 0.919. The normalized spacial score (nSPS) is 28.1. The summed E-state index contributed by atoms with van der Waals surface area (Å²) in [4.78, 5) is 0. The molecule has 2 rings (SSSR count). The molecule has 1 unspecified atom stereocenters. The van der Waals surface area contributed by atoms with Gasteiger partial charge in [-0.3, -0.25) is 0 Å². The first-order chi connectivity index (χ1) is 9.52. The first-order valence-corrected chi connectivity index (χ1v) is 7.09. The third kappa shape index (κ3) is 2.81. The van der Waals surface area contributed by atoms with E-state index in [2.05, 4.69) is 6.92 Å². The van der Waals surface area contributed by atoms with E-state index >= 15 is 0 Å². The number of benzene rings is 1. The van der Waals surface area contributed by atoms with Crippen molar-refractivity contribution in [1.82, 2.24) is 0 Å². The highest BCUT2D eigenvalue weighted by atomic mass is 19.1. The van der Waals surface area contributed by atoms with Gasteiger partial charge in [-0.1, -0.05) is 6.92 Å². The SMILES string of the molecule is COc1ccc(C(O)C2(OC)CCC(C)CC2)c(F)c1. The molecule has 0 amide bonds. The van der Waals surface area contributed by atoms with E-state index in [1.54, 1.807) is 19.2 Å². The molecule has 1 aliphatic carbocycles. The number of hydrogen-bond donors (Lipinski definition) is 1. The zero-order valence-electron chi connectivity index (χ0n) is 12.4. The fraction of sp³-hybridized carbons (Fsp3) is 0.625. The first-order valence-electron chi connectivity index (χ1n) is 7.09. The van der Waals surface area contributed by atoms with Gasteiger partial charge in [0, 0.05) is 18.7 Å². The van der Waals surface area contributed by atoms with E-state index in [0.29, 0.717) is 11.7 Å². The van der Waals surface area contributed by atoms with Crippen LogP contribution in [0.15, 0.2) is 18.2 Å². The van der Waals surface area contributed by atoms with Gasteiger partial charge in [-0.15, -0.1) is 0 Å². The number of methoxy groups -OCH3 is 2. The lowest BCUT2D eigenvalue weighted by molar-refractivity contribution is -0.131. The standard InChI is InChI=1S/C16H23FO3/c1-11-6-8-16(20-3,9-7-11)15(18)13-5-4-12(19-2)10-14(13)17/h4-5,10-11,15,18H,6-9H2,1-3H3. The molecule has 1 atom stereocenters. The molecule has 1 N–H and O–H groups in total. The Kier molecular flexibility index (Phi) is 4.66. The molecule has 112 valence electrons. The molecule has 1 aliphatic rings. The van der Waals surface area contributed by atoms with Gasteiger partial charge in [-0.05, 0) is 43.7 Å². The molecule has 3 nitrogen and oxygen atoms in total. The lowest BCUT2D eigenvalue weighted by atomic mass is 9.74. The maximum Gasteiger partial charge on any atom is 0.132 e. The lowest BCUT2D eigenvalue weighted by Crippen LogP contribution is -2.42. The average Bonchev–Trinajstić information content (AvgIpc) is 2.47. The van der Waals surface area contributed by atoms with Gasteiger partial charge < -0.3 is 14.6 Å². The third-order valence-corrected chi connectivity index (χ3v) is 4.53. The lowest BCUT2D eigenvalue weighted by Gasteiger charge is -2.41. The van der Waals surface area contributed by atoms with Crippen molar-refractivity contribution in [3.63, 3.8) is 0 Å². The highest BCUT2D eigenvalue weighted by Gasteiger charge is 2.42. The van der Waals surface area contributed by atoms with Crippen LogP contribution in [-0.4, -0.2) is 24.9 Å². The molecular formula is C16H23FO3. The second kappa shape index (κ2) is 6.10. The van der Waals surface area contributed by atoms with E-state index in [1.165, 1.54) is 13.2 Å². The van der Waals surface area contributed by atoms with Gasteiger partial charge in [0.25, 0.3) is 0 Å². The highest BCUT2D eigenvalue weighted by Crippen LogP contribution is 2.43. The van der Waals surface area contributed by atoms with Crippen molar-refractivity contribution in [2.75, 3.05) is 14.2 Å². The fourth-order valence-corrected chi connectivity index (χ4v) is 2.98. The van der Waals surface area contributed by atoms with Gasteiger partial charge in [-0.25, -0.2) is 4.39 Å². The Bertz CT molecular complexity index is 453. The van der Waals surface area contributed by atoms with Crippen LogP contribution < -0.4 is 4.74 Å². The maximum absolute atomic E-state index is 14.1. The summed E-state index contributed by atoms with van der Waals surface area (Å²) in [5.74, 6) is 0.625. The minimum absolute atomic E-state index is 0.280. The summed E-state index contributed by atoms with van der Waals surface area (Å²) in [5.41, 5.74) is -0.399. The molecule has 4 heteroatoms. The van der Waals surface area contributed by atoms with Crippen LogP contribution in [0.2, 0.25) is 0 Å². The molecule has 1 aromatic rings. The van der Waals surface area contributed by atoms with E-state index in [9.17, 15) is 9.50 Å². The van der Waals surface area contributed by atoms with Gasteiger partial charge in [0.2, 0.25) is 0 Å². The number of aliphatic hydroxyl groups excluding tert-OH is 1. The van der Waals surface area contributed by atoms with Gasteiger partial charge in [0.15, 0.2) is 0 Å². The molecule has 20 heavy (non-hydrogen) atoms. The Hall–Kier alpha value is -1.13. The van der Waals surface area contributed by atoms with Gasteiger partial charge >= 0.3 is 0 Å². The van der Waals surface area contributed by atoms with Crippen LogP contribution in [0.5, 0.6) is 5.75 Å².